The van der Waals surface area contributed by atoms with Gasteiger partial charge in [-0.05, 0) is 13.3 Å². The molecule has 0 bridgehead atoms. The SMILES string of the molecule is CC1OCCC1(CBr)Cc1nc(C(C)(C)C)cs1. The zero-order valence-corrected chi connectivity index (χ0v) is 14.0. The lowest BCUT2D eigenvalue weighted by Crippen LogP contribution is -2.33. The largest absolute Gasteiger partial charge is 0.378 e. The number of aromatic nitrogens is 1. The fourth-order valence-corrected chi connectivity index (χ4v) is 4.42. The zero-order chi connectivity index (χ0) is 13.4. The molecule has 2 unspecified atom stereocenters. The van der Waals surface area contributed by atoms with Gasteiger partial charge < -0.3 is 4.74 Å². The molecule has 0 radical (unpaired) electrons. The van der Waals surface area contributed by atoms with E-state index in [0.717, 1.165) is 24.8 Å². The van der Waals surface area contributed by atoms with Gasteiger partial charge in [-0.1, -0.05) is 36.7 Å². The Hall–Kier alpha value is 0.0700. The van der Waals surface area contributed by atoms with Crippen molar-refractivity contribution in [2.45, 2.75) is 52.1 Å². The highest BCUT2D eigenvalue weighted by molar-refractivity contribution is 9.09. The summed E-state index contributed by atoms with van der Waals surface area (Å²) in [6, 6.07) is 0. The molecule has 1 fully saturated rings. The molecule has 2 atom stereocenters. The Morgan fingerprint density at radius 1 is 1.56 bits per heavy atom. The second-order valence-corrected chi connectivity index (χ2v) is 7.82. The average molecular weight is 332 g/mol. The first-order valence-electron chi connectivity index (χ1n) is 6.50. The molecule has 1 aliphatic heterocycles. The van der Waals surface area contributed by atoms with Gasteiger partial charge in [-0.3, -0.25) is 0 Å². The molecule has 1 aromatic heterocycles. The molecule has 4 heteroatoms. The Morgan fingerprint density at radius 2 is 2.28 bits per heavy atom. The van der Waals surface area contributed by atoms with Crippen molar-refractivity contribution in [2.24, 2.45) is 5.41 Å². The fourth-order valence-electron chi connectivity index (χ4n) is 2.31. The van der Waals surface area contributed by atoms with Crippen LogP contribution in [0.1, 0.15) is 44.8 Å². The minimum atomic E-state index is 0.147. The number of rotatable bonds is 3. The molecule has 2 rings (SSSR count). The zero-order valence-electron chi connectivity index (χ0n) is 11.6. The number of halogens is 1. The number of hydrogen-bond acceptors (Lipinski definition) is 3. The van der Waals surface area contributed by atoms with Crippen LogP contribution in [0.15, 0.2) is 5.38 Å². The van der Waals surface area contributed by atoms with Crippen molar-refractivity contribution in [1.82, 2.24) is 4.98 Å². The minimum Gasteiger partial charge on any atom is -0.378 e. The first kappa shape index (κ1) is 14.5. The second-order valence-electron chi connectivity index (χ2n) is 6.31. The summed E-state index contributed by atoms with van der Waals surface area (Å²) in [5.74, 6) is 0. The van der Waals surface area contributed by atoms with Crippen molar-refractivity contribution < 1.29 is 4.74 Å². The number of ether oxygens (including phenoxy) is 1. The van der Waals surface area contributed by atoms with Gasteiger partial charge in [0.1, 0.15) is 0 Å². The lowest BCUT2D eigenvalue weighted by atomic mass is 9.81. The standard InChI is InChI=1S/C14H22BrNOS/c1-10-14(9-15,5-6-17-10)7-12-16-11(8-18-12)13(2,3)4/h8,10H,5-7,9H2,1-4H3. The van der Waals surface area contributed by atoms with Crippen LogP contribution in [0.25, 0.3) is 0 Å². The van der Waals surface area contributed by atoms with Crippen molar-refractivity contribution in [3.8, 4) is 0 Å². The van der Waals surface area contributed by atoms with Crippen LogP contribution in [0.2, 0.25) is 0 Å². The number of thiazole rings is 1. The molecule has 18 heavy (non-hydrogen) atoms. The molecule has 0 aliphatic carbocycles. The van der Waals surface area contributed by atoms with E-state index in [9.17, 15) is 0 Å². The van der Waals surface area contributed by atoms with Gasteiger partial charge in [-0.2, -0.15) is 0 Å². The first-order valence-corrected chi connectivity index (χ1v) is 8.50. The summed E-state index contributed by atoms with van der Waals surface area (Å²) >= 11 is 5.47. The fraction of sp³-hybridized carbons (Fsp3) is 0.786. The van der Waals surface area contributed by atoms with Gasteiger partial charge in [-0.25, -0.2) is 4.98 Å². The molecule has 102 valence electrons. The molecule has 2 nitrogen and oxygen atoms in total. The van der Waals surface area contributed by atoms with E-state index in [0.29, 0.717) is 6.10 Å². The van der Waals surface area contributed by atoms with E-state index >= 15 is 0 Å². The second kappa shape index (κ2) is 5.22. The van der Waals surface area contributed by atoms with Crippen LogP contribution in [0.4, 0.5) is 0 Å². The molecule has 2 heterocycles. The van der Waals surface area contributed by atoms with Gasteiger partial charge >= 0.3 is 0 Å². The average Bonchev–Trinajstić information content (AvgIpc) is 2.87. The summed E-state index contributed by atoms with van der Waals surface area (Å²) in [4.78, 5) is 4.81. The van der Waals surface area contributed by atoms with E-state index in [4.69, 9.17) is 9.72 Å². The van der Waals surface area contributed by atoms with E-state index in [-0.39, 0.29) is 10.8 Å². The van der Waals surface area contributed by atoms with E-state index in [2.05, 4.69) is 49.0 Å². The summed E-state index contributed by atoms with van der Waals surface area (Å²) in [7, 11) is 0. The molecular weight excluding hydrogens is 310 g/mol. The first-order chi connectivity index (χ1) is 8.37. The summed E-state index contributed by atoms with van der Waals surface area (Å²) < 4.78 is 5.75. The summed E-state index contributed by atoms with van der Waals surface area (Å²) in [5.41, 5.74) is 1.58. The summed E-state index contributed by atoms with van der Waals surface area (Å²) in [6.07, 6.45) is 2.48. The van der Waals surface area contributed by atoms with Crippen molar-refractivity contribution >= 4 is 27.3 Å². The predicted molar refractivity (Wildman–Crippen MR) is 80.8 cm³/mol. The van der Waals surface area contributed by atoms with Crippen molar-refractivity contribution in [3.63, 3.8) is 0 Å². The third-order valence-corrected chi connectivity index (χ3v) is 5.89. The number of alkyl halides is 1. The molecule has 0 amide bonds. The van der Waals surface area contributed by atoms with Gasteiger partial charge in [0.2, 0.25) is 0 Å². The van der Waals surface area contributed by atoms with Crippen molar-refractivity contribution in [2.75, 3.05) is 11.9 Å². The summed E-state index contributed by atoms with van der Waals surface area (Å²) in [5, 5.41) is 4.44. The molecule has 1 aromatic rings. The molecule has 1 aliphatic rings. The van der Waals surface area contributed by atoms with E-state index in [1.807, 2.05) is 0 Å². The van der Waals surface area contributed by atoms with Gasteiger partial charge in [0, 0.05) is 34.6 Å². The van der Waals surface area contributed by atoms with Crippen LogP contribution in [0.3, 0.4) is 0 Å². The van der Waals surface area contributed by atoms with Crippen LogP contribution in [-0.4, -0.2) is 23.0 Å². The third-order valence-electron chi connectivity index (χ3n) is 3.92. The molecular formula is C14H22BrNOS. The van der Waals surface area contributed by atoms with Gasteiger partial charge in [-0.15, -0.1) is 11.3 Å². The van der Waals surface area contributed by atoms with Crippen LogP contribution in [-0.2, 0) is 16.6 Å². The third kappa shape index (κ3) is 2.81. The maximum Gasteiger partial charge on any atom is 0.0935 e. The summed E-state index contributed by atoms with van der Waals surface area (Å²) in [6.45, 7) is 9.71. The Balaban J connectivity index is 2.16. The quantitative estimate of drug-likeness (QED) is 0.775. The molecule has 0 aromatic carbocycles. The van der Waals surface area contributed by atoms with Gasteiger partial charge in [0.05, 0.1) is 16.8 Å². The topological polar surface area (TPSA) is 22.1 Å². The Labute approximate surface area is 122 Å². The van der Waals surface area contributed by atoms with Crippen molar-refractivity contribution in [3.05, 3.63) is 16.1 Å². The maximum absolute atomic E-state index is 5.75. The number of nitrogens with zero attached hydrogens (tertiary/aromatic N) is 1. The Kier molecular flexibility index (Phi) is 4.20. The van der Waals surface area contributed by atoms with Crippen LogP contribution >= 0.6 is 27.3 Å². The normalized spacial score (nSPS) is 28.8. The lowest BCUT2D eigenvalue weighted by Gasteiger charge is -2.29. The Bertz CT molecular complexity index is 412. The Morgan fingerprint density at radius 3 is 2.72 bits per heavy atom. The highest BCUT2D eigenvalue weighted by Crippen LogP contribution is 2.40. The van der Waals surface area contributed by atoms with Gasteiger partial charge in [0.15, 0.2) is 0 Å². The minimum absolute atomic E-state index is 0.147. The highest BCUT2D eigenvalue weighted by Gasteiger charge is 2.41. The van der Waals surface area contributed by atoms with E-state index < -0.39 is 0 Å². The molecule has 0 N–H and O–H groups in total. The van der Waals surface area contributed by atoms with Crippen LogP contribution < -0.4 is 0 Å². The van der Waals surface area contributed by atoms with E-state index in [1.54, 1.807) is 11.3 Å². The molecule has 0 spiro atoms. The smallest absolute Gasteiger partial charge is 0.0935 e. The van der Waals surface area contributed by atoms with Crippen LogP contribution in [0.5, 0.6) is 0 Å². The van der Waals surface area contributed by atoms with Gasteiger partial charge in [0.25, 0.3) is 0 Å². The van der Waals surface area contributed by atoms with E-state index in [1.165, 1.54) is 10.7 Å². The number of hydrogen-bond donors (Lipinski definition) is 0. The predicted octanol–water partition coefficient (Wildman–Crippen LogP) is 4.17. The van der Waals surface area contributed by atoms with Crippen LogP contribution in [0, 0.1) is 5.41 Å². The molecule has 1 saturated heterocycles. The maximum atomic E-state index is 5.75. The highest BCUT2D eigenvalue weighted by atomic mass is 79.9. The lowest BCUT2D eigenvalue weighted by molar-refractivity contribution is 0.0746. The molecule has 0 saturated carbocycles. The monoisotopic (exact) mass is 331 g/mol. The van der Waals surface area contributed by atoms with Crippen molar-refractivity contribution in [1.29, 1.82) is 0 Å².